The number of amides is 3. The number of thioether (sulfide) groups is 1. The van der Waals surface area contributed by atoms with Crippen LogP contribution in [0.25, 0.3) is 0 Å². The van der Waals surface area contributed by atoms with Gasteiger partial charge >= 0.3 is 5.69 Å². The van der Waals surface area contributed by atoms with Gasteiger partial charge in [-0.2, -0.15) is 0 Å². The summed E-state index contributed by atoms with van der Waals surface area (Å²) in [6.45, 7) is 4.55. The maximum absolute atomic E-state index is 13.6. The molecule has 2 heterocycles. The van der Waals surface area contributed by atoms with Gasteiger partial charge in [0.1, 0.15) is 5.82 Å². The Hall–Kier alpha value is -3.34. The maximum atomic E-state index is 13.6. The van der Waals surface area contributed by atoms with Gasteiger partial charge in [-0.15, -0.1) is 0 Å². The SMILES string of the molecule is CCCCN(C(=O)c1cccc(CN2C(=O)CSC2=O)c1)c1c(N)n(CCCC)c(=O)[nH]c1=O. The fourth-order valence-corrected chi connectivity index (χ4v) is 4.41. The molecule has 182 valence electrons. The molecular formula is C23H29N5O5S. The summed E-state index contributed by atoms with van der Waals surface area (Å²) in [7, 11) is 0. The number of nitrogen functional groups attached to an aromatic ring is 1. The minimum atomic E-state index is -0.721. The van der Waals surface area contributed by atoms with Crippen molar-refractivity contribution < 1.29 is 14.4 Å². The van der Waals surface area contributed by atoms with E-state index in [0.717, 1.165) is 29.5 Å². The predicted octanol–water partition coefficient (Wildman–Crippen LogP) is 2.56. The van der Waals surface area contributed by atoms with Crippen LogP contribution in [-0.2, 0) is 17.9 Å². The Balaban J connectivity index is 1.99. The first-order valence-electron chi connectivity index (χ1n) is 11.3. The van der Waals surface area contributed by atoms with Gasteiger partial charge in [0.2, 0.25) is 5.91 Å². The smallest absolute Gasteiger partial charge is 0.330 e. The van der Waals surface area contributed by atoms with Crippen LogP contribution in [0.3, 0.4) is 0 Å². The number of nitrogens with two attached hydrogens (primary N) is 1. The maximum Gasteiger partial charge on any atom is 0.330 e. The van der Waals surface area contributed by atoms with Crippen molar-refractivity contribution in [3.8, 4) is 0 Å². The van der Waals surface area contributed by atoms with Crippen molar-refractivity contribution in [1.82, 2.24) is 14.5 Å². The van der Waals surface area contributed by atoms with E-state index >= 15 is 0 Å². The molecule has 10 nitrogen and oxygen atoms in total. The van der Waals surface area contributed by atoms with Crippen LogP contribution in [0, 0.1) is 0 Å². The Labute approximate surface area is 201 Å². The molecule has 3 rings (SSSR count). The van der Waals surface area contributed by atoms with E-state index in [1.165, 1.54) is 9.47 Å². The Morgan fingerprint density at radius 1 is 1.15 bits per heavy atom. The zero-order valence-corrected chi connectivity index (χ0v) is 20.2. The van der Waals surface area contributed by atoms with Gasteiger partial charge in [-0.25, -0.2) is 4.79 Å². The normalized spacial score (nSPS) is 13.5. The molecule has 0 spiro atoms. The number of benzene rings is 1. The highest BCUT2D eigenvalue weighted by atomic mass is 32.2. The number of nitrogens with one attached hydrogen (secondary N) is 1. The Kier molecular flexibility index (Phi) is 8.32. The number of carbonyl (C=O) groups is 3. The second kappa shape index (κ2) is 11.2. The fourth-order valence-electron chi connectivity index (χ4n) is 3.68. The van der Waals surface area contributed by atoms with Crippen LogP contribution < -0.4 is 21.9 Å². The standard InChI is InChI=1S/C23H29N5O5S/c1-3-5-10-26(18-19(24)27(11-6-4-2)22(32)25-20(18)30)21(31)16-9-7-8-15(12-16)13-28-17(29)14-34-23(28)33/h7-9,12H,3-6,10-11,13-14,24H2,1-2H3,(H,25,30,32). The Morgan fingerprint density at radius 3 is 2.53 bits per heavy atom. The largest absolute Gasteiger partial charge is 0.383 e. The third kappa shape index (κ3) is 5.41. The summed E-state index contributed by atoms with van der Waals surface area (Å²) in [6.07, 6.45) is 2.90. The highest BCUT2D eigenvalue weighted by Crippen LogP contribution is 2.24. The number of unbranched alkanes of at least 4 members (excludes halogenated alkanes) is 2. The zero-order valence-electron chi connectivity index (χ0n) is 19.3. The second-order valence-electron chi connectivity index (χ2n) is 8.04. The van der Waals surface area contributed by atoms with Crippen molar-refractivity contribution >= 4 is 40.3 Å². The number of hydrogen-bond acceptors (Lipinski definition) is 7. The predicted molar refractivity (Wildman–Crippen MR) is 132 cm³/mol. The molecule has 2 aromatic rings. The van der Waals surface area contributed by atoms with Gasteiger partial charge in [-0.3, -0.25) is 33.6 Å². The van der Waals surface area contributed by atoms with E-state index in [1.807, 2.05) is 13.8 Å². The lowest BCUT2D eigenvalue weighted by Gasteiger charge is -2.25. The molecule has 3 N–H and O–H groups in total. The summed E-state index contributed by atoms with van der Waals surface area (Å²) in [5.74, 6) is -0.669. The van der Waals surface area contributed by atoms with Gasteiger partial charge in [-0.05, 0) is 30.5 Å². The number of rotatable bonds is 10. The summed E-state index contributed by atoms with van der Waals surface area (Å²) in [4.78, 5) is 67.3. The molecule has 11 heteroatoms. The number of imide groups is 1. The van der Waals surface area contributed by atoms with Gasteiger partial charge < -0.3 is 10.6 Å². The lowest BCUT2D eigenvalue weighted by atomic mass is 10.1. The van der Waals surface area contributed by atoms with Gasteiger partial charge in [0.05, 0.1) is 12.3 Å². The lowest BCUT2D eigenvalue weighted by Crippen LogP contribution is -2.41. The van der Waals surface area contributed by atoms with Crippen molar-refractivity contribution in [2.75, 3.05) is 22.9 Å². The van der Waals surface area contributed by atoms with Crippen molar-refractivity contribution in [2.45, 2.75) is 52.6 Å². The summed E-state index contributed by atoms with van der Waals surface area (Å²) in [6, 6.07) is 6.59. The molecular weight excluding hydrogens is 458 g/mol. The number of anilines is 2. The lowest BCUT2D eigenvalue weighted by molar-refractivity contribution is -0.125. The average Bonchev–Trinajstić information content (AvgIpc) is 3.12. The summed E-state index contributed by atoms with van der Waals surface area (Å²) < 4.78 is 1.28. The van der Waals surface area contributed by atoms with Crippen LogP contribution in [0.4, 0.5) is 16.3 Å². The van der Waals surface area contributed by atoms with Crippen LogP contribution in [0.2, 0.25) is 0 Å². The second-order valence-corrected chi connectivity index (χ2v) is 8.97. The zero-order chi connectivity index (χ0) is 24.8. The van der Waals surface area contributed by atoms with Crippen molar-refractivity contribution in [2.24, 2.45) is 0 Å². The quantitative estimate of drug-likeness (QED) is 0.525. The van der Waals surface area contributed by atoms with Crippen LogP contribution in [0.5, 0.6) is 0 Å². The van der Waals surface area contributed by atoms with Crippen LogP contribution in [-0.4, -0.2) is 43.8 Å². The number of aromatic amines is 1. The molecule has 3 amide bonds. The highest BCUT2D eigenvalue weighted by Gasteiger charge is 2.30. The van der Waals surface area contributed by atoms with E-state index in [2.05, 4.69) is 4.98 Å². The third-order valence-electron chi connectivity index (χ3n) is 5.55. The average molecular weight is 488 g/mol. The van der Waals surface area contributed by atoms with E-state index in [0.29, 0.717) is 24.9 Å². The molecule has 1 aliphatic heterocycles. The van der Waals surface area contributed by atoms with E-state index in [1.54, 1.807) is 24.3 Å². The summed E-state index contributed by atoms with van der Waals surface area (Å²) in [5, 5.41) is -0.319. The molecule has 0 unspecified atom stereocenters. The topological polar surface area (TPSA) is 139 Å². The number of hydrogen-bond donors (Lipinski definition) is 2. The van der Waals surface area contributed by atoms with Gasteiger partial charge in [-0.1, -0.05) is 50.6 Å². The molecule has 0 bridgehead atoms. The number of aromatic nitrogens is 2. The molecule has 1 aliphatic rings. The minimum absolute atomic E-state index is 0.0481. The van der Waals surface area contributed by atoms with Gasteiger partial charge in [0.25, 0.3) is 16.7 Å². The van der Waals surface area contributed by atoms with Crippen LogP contribution in [0.15, 0.2) is 33.9 Å². The number of nitrogens with zero attached hydrogens (tertiary/aromatic N) is 3. The van der Waals surface area contributed by atoms with E-state index < -0.39 is 17.2 Å². The molecule has 1 aromatic heterocycles. The number of carbonyl (C=O) groups excluding carboxylic acids is 3. The third-order valence-corrected chi connectivity index (χ3v) is 6.41. The molecule has 1 aromatic carbocycles. The van der Waals surface area contributed by atoms with Crippen molar-refractivity contribution in [3.05, 3.63) is 56.2 Å². The molecule has 0 saturated carbocycles. The van der Waals surface area contributed by atoms with Gasteiger partial charge in [0.15, 0.2) is 5.69 Å². The van der Waals surface area contributed by atoms with E-state index in [9.17, 15) is 24.0 Å². The Morgan fingerprint density at radius 2 is 1.88 bits per heavy atom. The van der Waals surface area contributed by atoms with E-state index in [-0.39, 0.29) is 47.1 Å². The first-order valence-corrected chi connectivity index (χ1v) is 12.3. The van der Waals surface area contributed by atoms with Crippen LogP contribution >= 0.6 is 11.8 Å². The molecule has 34 heavy (non-hydrogen) atoms. The molecule has 0 aliphatic carbocycles. The summed E-state index contributed by atoms with van der Waals surface area (Å²) in [5.41, 5.74) is 5.76. The molecule has 0 radical (unpaired) electrons. The summed E-state index contributed by atoms with van der Waals surface area (Å²) >= 11 is 0.948. The monoisotopic (exact) mass is 487 g/mol. The van der Waals surface area contributed by atoms with E-state index in [4.69, 9.17) is 5.73 Å². The first-order chi connectivity index (χ1) is 16.3. The molecule has 1 saturated heterocycles. The molecule has 0 atom stereocenters. The fraction of sp³-hybridized carbons (Fsp3) is 0.435. The number of H-pyrrole nitrogens is 1. The van der Waals surface area contributed by atoms with Crippen molar-refractivity contribution in [1.29, 1.82) is 0 Å². The minimum Gasteiger partial charge on any atom is -0.383 e. The first kappa shape index (κ1) is 25.3. The van der Waals surface area contributed by atoms with Gasteiger partial charge in [0, 0.05) is 18.7 Å². The Bertz CT molecular complexity index is 1190. The van der Waals surface area contributed by atoms with Crippen LogP contribution in [0.1, 0.15) is 55.5 Å². The molecule has 1 fully saturated rings. The van der Waals surface area contributed by atoms with Crippen molar-refractivity contribution in [3.63, 3.8) is 0 Å². The highest BCUT2D eigenvalue weighted by molar-refractivity contribution is 8.14.